The fourth-order valence-corrected chi connectivity index (χ4v) is 4.84. The molecule has 0 N–H and O–H groups in total. The molecule has 1 saturated heterocycles. The molecule has 0 bridgehead atoms. The van der Waals surface area contributed by atoms with Gasteiger partial charge in [0.05, 0.1) is 11.4 Å². The number of thiocarbonyl (C=S) groups is 1. The Bertz CT molecular complexity index is 1120. The Balaban J connectivity index is 1.59. The molecule has 2 aromatic carbocycles. The van der Waals surface area contributed by atoms with Crippen LogP contribution in [0, 0.1) is 6.92 Å². The van der Waals surface area contributed by atoms with E-state index in [2.05, 4.69) is 22.9 Å². The van der Waals surface area contributed by atoms with E-state index in [0.29, 0.717) is 22.4 Å². The highest BCUT2D eigenvalue weighted by Gasteiger charge is 2.30. The molecule has 1 fully saturated rings. The third kappa shape index (κ3) is 3.95. The van der Waals surface area contributed by atoms with E-state index in [9.17, 15) is 4.79 Å². The summed E-state index contributed by atoms with van der Waals surface area (Å²) in [5.74, 6) is 0.898. The Morgan fingerprint density at radius 3 is 2.66 bits per heavy atom. The minimum atomic E-state index is -0.0118. The number of hydrogen-bond donors (Lipinski definition) is 0. The number of rotatable bonds is 6. The zero-order chi connectivity index (χ0) is 20.4. The molecule has 0 atom stereocenters. The molecule has 0 aliphatic carbocycles. The van der Waals surface area contributed by atoms with Gasteiger partial charge in [-0.05, 0) is 37.6 Å². The summed E-state index contributed by atoms with van der Waals surface area (Å²) >= 11 is 6.70. The van der Waals surface area contributed by atoms with E-state index < -0.39 is 0 Å². The number of thioether (sulfide) groups is 1. The van der Waals surface area contributed by atoms with E-state index >= 15 is 0 Å². The largest absolute Gasteiger partial charge is 0.491 e. The van der Waals surface area contributed by atoms with Crippen LogP contribution < -0.4 is 4.74 Å². The predicted octanol–water partition coefficient (Wildman–Crippen LogP) is 5.25. The van der Waals surface area contributed by atoms with Crippen LogP contribution in [0.5, 0.6) is 5.75 Å². The molecular formula is C23H22N2O2S2. The Morgan fingerprint density at radius 1 is 1.14 bits per heavy atom. The van der Waals surface area contributed by atoms with Crippen LogP contribution in [0.2, 0.25) is 0 Å². The minimum Gasteiger partial charge on any atom is -0.491 e. The lowest BCUT2D eigenvalue weighted by Gasteiger charge is -2.10. The van der Waals surface area contributed by atoms with Crippen LogP contribution in [0.4, 0.5) is 0 Å². The molecule has 6 heteroatoms. The first-order valence-electron chi connectivity index (χ1n) is 9.60. The van der Waals surface area contributed by atoms with Gasteiger partial charge in [0.2, 0.25) is 0 Å². The lowest BCUT2D eigenvalue weighted by Crippen LogP contribution is -2.27. The second kappa shape index (κ2) is 8.43. The molecule has 1 aromatic heterocycles. The average Bonchev–Trinajstić information content (AvgIpc) is 3.20. The molecule has 0 spiro atoms. The van der Waals surface area contributed by atoms with Crippen molar-refractivity contribution < 1.29 is 9.53 Å². The Morgan fingerprint density at radius 2 is 1.90 bits per heavy atom. The molecule has 148 valence electrons. The number of hydrogen-bond acceptors (Lipinski definition) is 4. The van der Waals surface area contributed by atoms with Gasteiger partial charge in [-0.25, -0.2) is 0 Å². The first kappa shape index (κ1) is 19.7. The number of carbonyl (C=O) groups excluding carboxylic acids is 1. The average molecular weight is 423 g/mol. The van der Waals surface area contributed by atoms with Gasteiger partial charge in [-0.15, -0.1) is 0 Å². The summed E-state index contributed by atoms with van der Waals surface area (Å²) < 4.78 is 8.78. The van der Waals surface area contributed by atoms with Crippen molar-refractivity contribution in [3.05, 3.63) is 70.8 Å². The normalized spacial score (nSPS) is 15.7. The van der Waals surface area contributed by atoms with Crippen LogP contribution in [-0.4, -0.2) is 32.8 Å². The van der Waals surface area contributed by atoms with E-state index in [0.717, 1.165) is 34.3 Å². The standard InChI is InChI=1S/C23H22N2O2S2/c1-3-25-22(26)21(29-23(25)28)14-17-15-24(19-10-6-5-9-18(17)19)12-13-27-20-11-7-4-8-16(20)2/h4-11,14-15H,3,12-13H2,1-2H3/b21-14+. The lowest BCUT2D eigenvalue weighted by atomic mass is 10.1. The molecule has 0 saturated carbocycles. The molecule has 1 aliphatic heterocycles. The van der Waals surface area contributed by atoms with Gasteiger partial charge in [-0.1, -0.05) is 60.4 Å². The van der Waals surface area contributed by atoms with Gasteiger partial charge >= 0.3 is 0 Å². The van der Waals surface area contributed by atoms with E-state index in [1.165, 1.54) is 11.8 Å². The summed E-state index contributed by atoms with van der Waals surface area (Å²) in [4.78, 5) is 14.9. The zero-order valence-electron chi connectivity index (χ0n) is 16.4. The van der Waals surface area contributed by atoms with Gasteiger partial charge in [-0.3, -0.25) is 9.69 Å². The summed E-state index contributed by atoms with van der Waals surface area (Å²) in [5.41, 5.74) is 3.27. The number of amides is 1. The molecule has 4 nitrogen and oxygen atoms in total. The van der Waals surface area contributed by atoms with Crippen LogP contribution in [0.1, 0.15) is 18.1 Å². The quantitative estimate of drug-likeness (QED) is 0.401. The number of likely N-dealkylation sites (N-methyl/N-ethyl adjacent to an activating group) is 1. The van der Waals surface area contributed by atoms with E-state index in [1.807, 2.05) is 56.3 Å². The topological polar surface area (TPSA) is 34.5 Å². The number of ether oxygens (including phenoxy) is 1. The van der Waals surface area contributed by atoms with Gasteiger partial charge in [0.25, 0.3) is 5.91 Å². The maximum Gasteiger partial charge on any atom is 0.266 e. The van der Waals surface area contributed by atoms with Gasteiger partial charge in [0.15, 0.2) is 0 Å². The maximum atomic E-state index is 12.6. The predicted molar refractivity (Wildman–Crippen MR) is 124 cm³/mol. The lowest BCUT2D eigenvalue weighted by molar-refractivity contribution is -0.121. The summed E-state index contributed by atoms with van der Waals surface area (Å²) in [6.07, 6.45) is 4.04. The molecule has 3 aromatic rings. The fraction of sp³-hybridized carbons (Fsp3) is 0.217. The van der Waals surface area contributed by atoms with Crippen LogP contribution in [0.25, 0.3) is 17.0 Å². The third-order valence-electron chi connectivity index (χ3n) is 4.98. The van der Waals surface area contributed by atoms with Crippen LogP contribution >= 0.6 is 24.0 Å². The molecule has 4 rings (SSSR count). The summed E-state index contributed by atoms with van der Waals surface area (Å²) in [7, 11) is 0. The van der Waals surface area contributed by atoms with Gasteiger partial charge in [0.1, 0.15) is 16.7 Å². The van der Waals surface area contributed by atoms with Crippen LogP contribution in [-0.2, 0) is 11.3 Å². The molecule has 0 unspecified atom stereocenters. The van der Waals surface area contributed by atoms with E-state index in [1.54, 1.807) is 4.90 Å². The van der Waals surface area contributed by atoms with Crippen molar-refractivity contribution in [1.29, 1.82) is 0 Å². The second-order valence-corrected chi connectivity index (χ2v) is 8.51. The van der Waals surface area contributed by atoms with Crippen molar-refractivity contribution in [2.45, 2.75) is 20.4 Å². The Kier molecular flexibility index (Phi) is 5.74. The van der Waals surface area contributed by atoms with E-state index in [-0.39, 0.29) is 5.91 Å². The highest BCUT2D eigenvalue weighted by Crippen LogP contribution is 2.34. The fourth-order valence-electron chi connectivity index (χ4n) is 3.46. The number of carbonyl (C=O) groups is 1. The van der Waals surface area contributed by atoms with Crippen LogP contribution in [0.3, 0.4) is 0 Å². The van der Waals surface area contributed by atoms with Gasteiger partial charge < -0.3 is 9.30 Å². The second-order valence-electron chi connectivity index (χ2n) is 6.83. The molecular weight excluding hydrogens is 400 g/mol. The monoisotopic (exact) mass is 422 g/mol. The third-order valence-corrected chi connectivity index (χ3v) is 6.36. The maximum absolute atomic E-state index is 12.6. The highest BCUT2D eigenvalue weighted by atomic mass is 32.2. The number of nitrogens with zero attached hydrogens (tertiary/aromatic N) is 2. The number of benzene rings is 2. The molecule has 1 amide bonds. The number of aryl methyl sites for hydroxylation is 1. The van der Waals surface area contributed by atoms with Crippen molar-refractivity contribution in [3.8, 4) is 5.75 Å². The van der Waals surface area contributed by atoms with Crippen molar-refractivity contribution in [3.63, 3.8) is 0 Å². The van der Waals surface area contributed by atoms with E-state index in [4.69, 9.17) is 17.0 Å². The SMILES string of the molecule is CCN1C(=O)/C(=C\c2cn(CCOc3ccccc3C)c3ccccc23)SC1=S. The number of para-hydroxylation sites is 2. The van der Waals surface area contributed by atoms with Crippen LogP contribution in [0.15, 0.2) is 59.6 Å². The van der Waals surface area contributed by atoms with Crippen molar-refractivity contribution in [2.75, 3.05) is 13.2 Å². The Hall–Kier alpha value is -2.57. The molecule has 2 heterocycles. The van der Waals surface area contributed by atoms with Gasteiger partial charge in [-0.2, -0.15) is 0 Å². The summed E-state index contributed by atoms with van der Waals surface area (Å²) in [6, 6.07) is 16.3. The molecule has 0 radical (unpaired) electrons. The minimum absolute atomic E-state index is 0.0118. The van der Waals surface area contributed by atoms with Crippen molar-refractivity contribution in [2.24, 2.45) is 0 Å². The van der Waals surface area contributed by atoms with Gasteiger partial charge in [0, 0.05) is 29.2 Å². The molecule has 29 heavy (non-hydrogen) atoms. The molecule has 1 aliphatic rings. The number of aromatic nitrogens is 1. The van der Waals surface area contributed by atoms with Crippen molar-refractivity contribution in [1.82, 2.24) is 9.47 Å². The number of fused-ring (bicyclic) bond motifs is 1. The summed E-state index contributed by atoms with van der Waals surface area (Å²) in [6.45, 7) is 5.87. The van der Waals surface area contributed by atoms with Crippen molar-refractivity contribution >= 4 is 51.2 Å². The highest BCUT2D eigenvalue weighted by molar-refractivity contribution is 8.26. The summed E-state index contributed by atoms with van der Waals surface area (Å²) in [5, 5.41) is 1.12. The Labute approximate surface area is 180 Å². The first-order chi connectivity index (χ1) is 14.1. The first-order valence-corrected chi connectivity index (χ1v) is 10.8. The smallest absolute Gasteiger partial charge is 0.266 e. The zero-order valence-corrected chi connectivity index (χ0v) is 18.1.